The largest absolute Gasteiger partial charge is 0.378 e. The van der Waals surface area contributed by atoms with Crippen LogP contribution in [0.15, 0.2) is 59.9 Å². The molecule has 0 radical (unpaired) electrons. The van der Waals surface area contributed by atoms with Crippen molar-refractivity contribution in [3.63, 3.8) is 0 Å². The van der Waals surface area contributed by atoms with Gasteiger partial charge in [-0.1, -0.05) is 30.0 Å². The molecule has 2 aliphatic rings. The number of likely N-dealkylation sites (tertiary alicyclic amines) is 1. The zero-order valence-corrected chi connectivity index (χ0v) is 20.4. The Morgan fingerprint density at radius 1 is 0.971 bits per heavy atom. The standard InChI is InChI=1S/C26H29N5O3S/c32-24(17-35-26-22-3-1-2-4-23(22)27-18-28-26)31-11-9-19(10-12-31)25(33)29-20-5-7-21(8-6-20)30-13-15-34-16-14-30/h1-8,18-19H,9-17H2,(H,29,33). The third kappa shape index (κ3) is 5.74. The number of fused-ring (bicyclic) bond motifs is 1. The molecular weight excluding hydrogens is 462 g/mol. The van der Waals surface area contributed by atoms with Gasteiger partial charge in [-0.05, 0) is 43.2 Å². The molecule has 2 saturated heterocycles. The van der Waals surface area contributed by atoms with E-state index in [4.69, 9.17) is 4.74 Å². The maximum absolute atomic E-state index is 12.8. The number of carbonyl (C=O) groups excluding carboxylic acids is 2. The molecule has 8 nitrogen and oxygen atoms in total. The van der Waals surface area contributed by atoms with Crippen LogP contribution in [-0.4, -0.2) is 71.8 Å². The molecule has 0 unspecified atom stereocenters. The fraction of sp³-hybridized carbons (Fsp3) is 0.385. The number of nitrogens with zero attached hydrogens (tertiary/aromatic N) is 4. The number of hydrogen-bond donors (Lipinski definition) is 1. The van der Waals surface area contributed by atoms with Gasteiger partial charge in [-0.3, -0.25) is 9.59 Å². The van der Waals surface area contributed by atoms with E-state index in [2.05, 4.69) is 20.2 Å². The van der Waals surface area contributed by atoms with Crippen LogP contribution in [0, 0.1) is 5.92 Å². The zero-order valence-electron chi connectivity index (χ0n) is 19.6. The van der Waals surface area contributed by atoms with Crippen LogP contribution in [-0.2, 0) is 14.3 Å². The first-order chi connectivity index (χ1) is 17.2. The van der Waals surface area contributed by atoms with Crippen molar-refractivity contribution in [3.8, 4) is 0 Å². The number of thioether (sulfide) groups is 1. The van der Waals surface area contributed by atoms with Crippen LogP contribution in [0.25, 0.3) is 10.9 Å². The lowest BCUT2D eigenvalue weighted by atomic mass is 9.96. The highest BCUT2D eigenvalue weighted by Gasteiger charge is 2.27. The minimum atomic E-state index is -0.0866. The zero-order chi connectivity index (χ0) is 24.0. The first-order valence-corrected chi connectivity index (χ1v) is 13.0. The second-order valence-corrected chi connectivity index (χ2v) is 9.74. The van der Waals surface area contributed by atoms with E-state index in [1.807, 2.05) is 53.4 Å². The van der Waals surface area contributed by atoms with E-state index in [9.17, 15) is 9.59 Å². The molecule has 1 N–H and O–H groups in total. The molecule has 3 heterocycles. The number of hydrogen-bond acceptors (Lipinski definition) is 7. The molecule has 35 heavy (non-hydrogen) atoms. The highest BCUT2D eigenvalue weighted by Crippen LogP contribution is 2.26. The lowest BCUT2D eigenvalue weighted by Gasteiger charge is -2.31. The molecule has 182 valence electrons. The molecule has 0 atom stereocenters. The third-order valence-corrected chi connectivity index (χ3v) is 7.56. The predicted octanol–water partition coefficient (Wildman–Crippen LogP) is 3.44. The summed E-state index contributed by atoms with van der Waals surface area (Å²) in [6.45, 7) is 4.45. The van der Waals surface area contributed by atoms with Gasteiger partial charge in [-0.25, -0.2) is 9.97 Å². The summed E-state index contributed by atoms with van der Waals surface area (Å²) in [5, 5.41) is 4.82. The Bertz CT molecular complexity index is 1170. The number of anilines is 2. The minimum absolute atomic E-state index is 0.0260. The number of amides is 2. The van der Waals surface area contributed by atoms with Gasteiger partial charge in [0.1, 0.15) is 11.4 Å². The van der Waals surface area contributed by atoms with E-state index >= 15 is 0 Å². The van der Waals surface area contributed by atoms with Gasteiger partial charge in [0.25, 0.3) is 0 Å². The Morgan fingerprint density at radius 2 is 1.71 bits per heavy atom. The fourth-order valence-electron chi connectivity index (χ4n) is 4.53. The summed E-state index contributed by atoms with van der Waals surface area (Å²) in [5.41, 5.74) is 2.82. The number of morpholine rings is 1. The van der Waals surface area contributed by atoms with E-state index in [0.29, 0.717) is 31.7 Å². The Labute approximate surface area is 209 Å². The topological polar surface area (TPSA) is 87.7 Å². The van der Waals surface area contributed by atoms with Gasteiger partial charge in [0.05, 0.1) is 24.5 Å². The van der Waals surface area contributed by atoms with E-state index in [1.54, 1.807) is 0 Å². The molecule has 2 fully saturated rings. The summed E-state index contributed by atoms with van der Waals surface area (Å²) >= 11 is 1.44. The Morgan fingerprint density at radius 3 is 2.49 bits per heavy atom. The summed E-state index contributed by atoms with van der Waals surface area (Å²) in [7, 11) is 0. The predicted molar refractivity (Wildman–Crippen MR) is 138 cm³/mol. The van der Waals surface area contributed by atoms with Crippen molar-refractivity contribution in [2.24, 2.45) is 5.92 Å². The number of nitrogens with one attached hydrogen (secondary N) is 1. The van der Waals surface area contributed by atoms with Crippen molar-refractivity contribution in [1.29, 1.82) is 0 Å². The van der Waals surface area contributed by atoms with Crippen molar-refractivity contribution in [2.45, 2.75) is 17.9 Å². The van der Waals surface area contributed by atoms with Crippen LogP contribution in [0.4, 0.5) is 11.4 Å². The quantitative estimate of drug-likeness (QED) is 0.418. The maximum Gasteiger partial charge on any atom is 0.232 e. The molecule has 5 rings (SSSR count). The molecule has 2 aliphatic heterocycles. The SMILES string of the molecule is O=C(Nc1ccc(N2CCOCC2)cc1)C1CCN(C(=O)CSc2ncnc3ccccc23)CC1. The van der Waals surface area contributed by atoms with Gasteiger partial charge in [-0.2, -0.15) is 0 Å². The Kier molecular flexibility index (Phi) is 7.44. The molecule has 1 aromatic heterocycles. The van der Waals surface area contributed by atoms with Gasteiger partial charge >= 0.3 is 0 Å². The number of rotatable bonds is 6. The summed E-state index contributed by atoms with van der Waals surface area (Å²) < 4.78 is 5.41. The van der Waals surface area contributed by atoms with Crippen LogP contribution in [0.2, 0.25) is 0 Å². The average Bonchev–Trinajstić information content (AvgIpc) is 2.92. The van der Waals surface area contributed by atoms with Crippen molar-refractivity contribution < 1.29 is 14.3 Å². The molecule has 3 aromatic rings. The number of para-hydroxylation sites is 1. The molecular formula is C26H29N5O3S. The highest BCUT2D eigenvalue weighted by molar-refractivity contribution is 8.00. The van der Waals surface area contributed by atoms with Gasteiger partial charge in [0.2, 0.25) is 11.8 Å². The van der Waals surface area contributed by atoms with Crippen LogP contribution in [0.1, 0.15) is 12.8 Å². The molecule has 0 spiro atoms. The molecule has 2 aromatic carbocycles. The molecule has 9 heteroatoms. The minimum Gasteiger partial charge on any atom is -0.378 e. The van der Waals surface area contributed by atoms with Crippen LogP contribution in [0.3, 0.4) is 0 Å². The highest BCUT2D eigenvalue weighted by atomic mass is 32.2. The second-order valence-electron chi connectivity index (χ2n) is 8.78. The van der Waals surface area contributed by atoms with Gasteiger partial charge < -0.3 is 19.9 Å². The van der Waals surface area contributed by atoms with E-state index < -0.39 is 0 Å². The smallest absolute Gasteiger partial charge is 0.232 e. The summed E-state index contributed by atoms with van der Waals surface area (Å²) in [6, 6.07) is 15.8. The second kappa shape index (κ2) is 11.0. The van der Waals surface area contributed by atoms with Crippen molar-refractivity contribution in [1.82, 2.24) is 14.9 Å². The van der Waals surface area contributed by atoms with E-state index in [-0.39, 0.29) is 17.7 Å². The lowest BCUT2D eigenvalue weighted by molar-refractivity contribution is -0.132. The average molecular weight is 492 g/mol. The maximum atomic E-state index is 12.8. The van der Waals surface area contributed by atoms with E-state index in [0.717, 1.165) is 53.6 Å². The van der Waals surface area contributed by atoms with Crippen LogP contribution < -0.4 is 10.2 Å². The number of ether oxygens (including phenoxy) is 1. The van der Waals surface area contributed by atoms with Crippen molar-refractivity contribution in [3.05, 3.63) is 54.9 Å². The fourth-order valence-corrected chi connectivity index (χ4v) is 5.42. The third-order valence-electron chi connectivity index (χ3n) is 6.57. The lowest BCUT2D eigenvalue weighted by Crippen LogP contribution is -2.42. The molecule has 0 bridgehead atoms. The Balaban J connectivity index is 1.09. The van der Waals surface area contributed by atoms with Crippen molar-refractivity contribution in [2.75, 3.05) is 55.4 Å². The van der Waals surface area contributed by atoms with Gasteiger partial charge in [0.15, 0.2) is 0 Å². The molecule has 2 amide bonds. The summed E-state index contributed by atoms with van der Waals surface area (Å²) in [4.78, 5) is 38.4. The van der Waals surface area contributed by atoms with Crippen LogP contribution in [0.5, 0.6) is 0 Å². The number of piperidine rings is 1. The van der Waals surface area contributed by atoms with Crippen LogP contribution >= 0.6 is 11.8 Å². The first kappa shape index (κ1) is 23.6. The Hall–Kier alpha value is -3.17. The summed E-state index contributed by atoms with van der Waals surface area (Å²) in [6.07, 6.45) is 2.88. The van der Waals surface area contributed by atoms with Gasteiger partial charge in [0, 0.05) is 48.9 Å². The monoisotopic (exact) mass is 491 g/mol. The number of benzene rings is 2. The molecule has 0 saturated carbocycles. The van der Waals surface area contributed by atoms with Gasteiger partial charge in [-0.15, -0.1) is 0 Å². The van der Waals surface area contributed by atoms with Crippen molar-refractivity contribution >= 4 is 45.9 Å². The number of carbonyl (C=O) groups is 2. The normalized spacial score (nSPS) is 16.9. The molecule has 0 aliphatic carbocycles. The first-order valence-electron chi connectivity index (χ1n) is 12.0. The van der Waals surface area contributed by atoms with E-state index in [1.165, 1.54) is 18.1 Å². The number of aromatic nitrogens is 2. The summed E-state index contributed by atoms with van der Waals surface area (Å²) in [5.74, 6) is 0.345.